The van der Waals surface area contributed by atoms with E-state index in [4.69, 9.17) is 0 Å². The molecule has 0 aliphatic carbocycles. The van der Waals surface area contributed by atoms with Crippen molar-refractivity contribution in [2.75, 3.05) is 33.7 Å². The quantitative estimate of drug-likeness (QED) is 0.764. The lowest BCUT2D eigenvalue weighted by atomic mass is 9.98. The molecule has 1 amide bonds. The Morgan fingerprint density at radius 3 is 2.76 bits per heavy atom. The molecule has 2 heterocycles. The third kappa shape index (κ3) is 2.80. The molecule has 2 aliphatic heterocycles. The van der Waals surface area contributed by atoms with Gasteiger partial charge in [0.1, 0.15) is 0 Å². The van der Waals surface area contributed by atoms with Gasteiger partial charge in [-0.2, -0.15) is 0 Å². The number of amides is 1. The second kappa shape index (κ2) is 5.36. The Morgan fingerprint density at radius 2 is 2.18 bits per heavy atom. The van der Waals surface area contributed by atoms with Gasteiger partial charge in [0.2, 0.25) is 5.91 Å². The fourth-order valence-electron chi connectivity index (χ4n) is 3.09. The predicted molar refractivity (Wildman–Crippen MR) is 68.9 cm³/mol. The molecule has 17 heavy (non-hydrogen) atoms. The van der Waals surface area contributed by atoms with E-state index in [2.05, 4.69) is 24.2 Å². The van der Waals surface area contributed by atoms with Gasteiger partial charge in [0.05, 0.1) is 5.92 Å². The molecule has 0 aromatic heterocycles. The molecular weight excluding hydrogens is 214 g/mol. The average molecular weight is 239 g/mol. The number of likely N-dealkylation sites (N-methyl/N-ethyl adjacent to an activating group) is 2. The largest absolute Gasteiger partial charge is 0.341 e. The lowest BCUT2D eigenvalue weighted by Gasteiger charge is -2.37. The predicted octanol–water partition coefficient (Wildman–Crippen LogP) is 0.537. The number of likely N-dealkylation sites (tertiary alicyclic amines) is 1. The summed E-state index contributed by atoms with van der Waals surface area (Å²) < 4.78 is 0. The lowest BCUT2D eigenvalue weighted by molar-refractivity contribution is -0.137. The van der Waals surface area contributed by atoms with Gasteiger partial charge in [0.15, 0.2) is 0 Å². The van der Waals surface area contributed by atoms with Crippen LogP contribution in [0.2, 0.25) is 0 Å². The van der Waals surface area contributed by atoms with Crippen molar-refractivity contribution < 1.29 is 4.79 Å². The van der Waals surface area contributed by atoms with Crippen molar-refractivity contribution in [1.82, 2.24) is 15.1 Å². The van der Waals surface area contributed by atoms with Gasteiger partial charge in [-0.3, -0.25) is 4.79 Å². The monoisotopic (exact) mass is 239 g/mol. The first-order chi connectivity index (χ1) is 8.09. The van der Waals surface area contributed by atoms with Crippen molar-refractivity contribution in [3.8, 4) is 0 Å². The van der Waals surface area contributed by atoms with Crippen molar-refractivity contribution in [3.05, 3.63) is 0 Å². The molecule has 1 N–H and O–H groups in total. The topological polar surface area (TPSA) is 35.6 Å². The highest BCUT2D eigenvalue weighted by atomic mass is 16.2. The summed E-state index contributed by atoms with van der Waals surface area (Å²) in [6.45, 7) is 5.29. The van der Waals surface area contributed by atoms with Crippen molar-refractivity contribution in [2.24, 2.45) is 5.92 Å². The van der Waals surface area contributed by atoms with Crippen LogP contribution in [0.5, 0.6) is 0 Å². The van der Waals surface area contributed by atoms with Crippen LogP contribution in [0.4, 0.5) is 0 Å². The Labute approximate surface area is 104 Å². The molecular formula is C13H25N3O. The average Bonchev–Trinajstić information content (AvgIpc) is 2.73. The maximum atomic E-state index is 12.4. The maximum Gasteiger partial charge on any atom is 0.227 e. The van der Waals surface area contributed by atoms with Gasteiger partial charge in [0.25, 0.3) is 0 Å². The van der Waals surface area contributed by atoms with E-state index in [0.29, 0.717) is 18.0 Å². The van der Waals surface area contributed by atoms with Gasteiger partial charge in [-0.05, 0) is 46.3 Å². The SMILES string of the molecule is CC1NCCC1C(=O)N(C)C1CCCN(C)C1. The van der Waals surface area contributed by atoms with Crippen molar-refractivity contribution in [2.45, 2.75) is 38.3 Å². The zero-order chi connectivity index (χ0) is 12.4. The highest BCUT2D eigenvalue weighted by Crippen LogP contribution is 2.21. The molecule has 0 aromatic carbocycles. The first-order valence-electron chi connectivity index (χ1n) is 6.78. The first kappa shape index (κ1) is 12.8. The molecule has 0 spiro atoms. The number of nitrogens with one attached hydrogen (secondary N) is 1. The summed E-state index contributed by atoms with van der Waals surface area (Å²) in [7, 11) is 4.13. The Kier molecular flexibility index (Phi) is 4.05. The molecule has 3 unspecified atom stereocenters. The molecule has 2 aliphatic rings. The highest BCUT2D eigenvalue weighted by Gasteiger charge is 2.34. The molecule has 3 atom stereocenters. The van der Waals surface area contributed by atoms with Crippen LogP contribution in [0.15, 0.2) is 0 Å². The van der Waals surface area contributed by atoms with Gasteiger partial charge in [-0.1, -0.05) is 0 Å². The van der Waals surface area contributed by atoms with E-state index in [1.165, 1.54) is 13.0 Å². The molecule has 0 bridgehead atoms. The molecule has 4 nitrogen and oxygen atoms in total. The molecule has 98 valence electrons. The molecule has 2 saturated heterocycles. The molecule has 2 rings (SSSR count). The summed E-state index contributed by atoms with van der Waals surface area (Å²) in [4.78, 5) is 16.8. The van der Waals surface area contributed by atoms with Crippen LogP contribution in [0.25, 0.3) is 0 Å². The molecule has 4 heteroatoms. The maximum absolute atomic E-state index is 12.4. The van der Waals surface area contributed by atoms with Crippen LogP contribution in [0.3, 0.4) is 0 Å². The number of nitrogens with zero attached hydrogens (tertiary/aromatic N) is 2. The summed E-state index contributed by atoms with van der Waals surface area (Å²) in [5, 5.41) is 3.36. The summed E-state index contributed by atoms with van der Waals surface area (Å²) in [6, 6.07) is 0.750. The van der Waals surface area contributed by atoms with E-state index < -0.39 is 0 Å². The summed E-state index contributed by atoms with van der Waals surface area (Å²) >= 11 is 0. The minimum absolute atomic E-state index is 0.187. The molecule has 2 fully saturated rings. The molecule has 0 aromatic rings. The summed E-state index contributed by atoms with van der Waals surface area (Å²) in [6.07, 6.45) is 3.35. The number of hydrogen-bond acceptors (Lipinski definition) is 3. The Balaban J connectivity index is 1.94. The second-order valence-corrected chi connectivity index (χ2v) is 5.65. The minimum atomic E-state index is 0.187. The van der Waals surface area contributed by atoms with Crippen LogP contribution in [-0.2, 0) is 4.79 Å². The van der Waals surface area contributed by atoms with Gasteiger partial charge >= 0.3 is 0 Å². The third-order valence-electron chi connectivity index (χ3n) is 4.34. The van der Waals surface area contributed by atoms with Crippen LogP contribution >= 0.6 is 0 Å². The Bertz CT molecular complexity index is 282. The van der Waals surface area contributed by atoms with Gasteiger partial charge in [0, 0.05) is 25.7 Å². The van der Waals surface area contributed by atoms with Crippen LogP contribution in [0, 0.1) is 5.92 Å². The zero-order valence-electron chi connectivity index (χ0n) is 11.3. The lowest BCUT2D eigenvalue weighted by Crippen LogP contribution is -2.50. The normalized spacial score (nSPS) is 34.9. The van der Waals surface area contributed by atoms with Crippen LogP contribution in [-0.4, -0.2) is 61.5 Å². The van der Waals surface area contributed by atoms with Gasteiger partial charge in [-0.15, -0.1) is 0 Å². The fourth-order valence-corrected chi connectivity index (χ4v) is 3.09. The van der Waals surface area contributed by atoms with E-state index in [1.54, 1.807) is 0 Å². The van der Waals surface area contributed by atoms with E-state index >= 15 is 0 Å². The second-order valence-electron chi connectivity index (χ2n) is 5.65. The van der Waals surface area contributed by atoms with E-state index in [9.17, 15) is 4.79 Å². The zero-order valence-corrected chi connectivity index (χ0v) is 11.3. The summed E-state index contributed by atoms with van der Waals surface area (Å²) in [5.41, 5.74) is 0. The van der Waals surface area contributed by atoms with Crippen LogP contribution < -0.4 is 5.32 Å². The smallest absolute Gasteiger partial charge is 0.227 e. The first-order valence-corrected chi connectivity index (χ1v) is 6.78. The summed E-state index contributed by atoms with van der Waals surface area (Å²) in [5.74, 6) is 0.523. The minimum Gasteiger partial charge on any atom is -0.341 e. The van der Waals surface area contributed by atoms with E-state index in [0.717, 1.165) is 25.9 Å². The Hall–Kier alpha value is -0.610. The third-order valence-corrected chi connectivity index (χ3v) is 4.34. The van der Waals surface area contributed by atoms with Gasteiger partial charge in [-0.25, -0.2) is 0 Å². The number of carbonyl (C=O) groups is 1. The van der Waals surface area contributed by atoms with E-state index in [1.807, 2.05) is 11.9 Å². The van der Waals surface area contributed by atoms with E-state index in [-0.39, 0.29) is 5.92 Å². The highest BCUT2D eigenvalue weighted by molar-refractivity contribution is 5.80. The molecule has 0 radical (unpaired) electrons. The number of rotatable bonds is 2. The van der Waals surface area contributed by atoms with Crippen molar-refractivity contribution in [1.29, 1.82) is 0 Å². The number of hydrogen-bond donors (Lipinski definition) is 1. The number of carbonyl (C=O) groups excluding carboxylic acids is 1. The standard InChI is InChI=1S/C13H25N3O/c1-10-12(6-7-14-10)13(17)16(3)11-5-4-8-15(2)9-11/h10-12,14H,4-9H2,1-3H3. The van der Waals surface area contributed by atoms with Crippen LogP contribution in [0.1, 0.15) is 26.2 Å². The molecule has 0 saturated carbocycles. The fraction of sp³-hybridized carbons (Fsp3) is 0.923. The Morgan fingerprint density at radius 1 is 1.41 bits per heavy atom. The number of piperidine rings is 1. The van der Waals surface area contributed by atoms with Gasteiger partial charge < -0.3 is 15.1 Å². The van der Waals surface area contributed by atoms with Crippen molar-refractivity contribution in [3.63, 3.8) is 0 Å². The van der Waals surface area contributed by atoms with Crippen molar-refractivity contribution >= 4 is 5.91 Å².